The molecule has 0 aliphatic rings. The van der Waals surface area contributed by atoms with Crippen LogP contribution in [0.4, 0.5) is 0 Å². The fourth-order valence-corrected chi connectivity index (χ4v) is 0.735. The van der Waals surface area contributed by atoms with Crippen molar-refractivity contribution in [3.05, 3.63) is 18.0 Å². The lowest BCUT2D eigenvalue weighted by molar-refractivity contribution is 0.0688. The van der Waals surface area contributed by atoms with Gasteiger partial charge >= 0.3 is 12.0 Å². The Balaban J connectivity index is 2.69. The van der Waals surface area contributed by atoms with Crippen LogP contribution < -0.4 is 10.5 Å². The van der Waals surface area contributed by atoms with E-state index in [1.165, 1.54) is 12.3 Å². The molecule has 0 spiro atoms. The quantitative estimate of drug-likeness (QED) is 0.699. The zero-order chi connectivity index (χ0) is 10.6. The predicted octanol–water partition coefficient (Wildman–Crippen LogP) is -0.0992. The number of ether oxygens (including phenoxy) is 1. The number of carboxylic acids is 1. The molecule has 0 saturated heterocycles. The van der Waals surface area contributed by atoms with Crippen LogP contribution in [0.25, 0.3) is 0 Å². The maximum Gasteiger partial charge on any atom is 0.354 e. The minimum atomic E-state index is -1.11. The third-order valence-electron chi connectivity index (χ3n) is 1.33. The number of nitrogens with two attached hydrogens (primary N) is 1. The van der Waals surface area contributed by atoms with E-state index in [1.807, 2.05) is 0 Å². The smallest absolute Gasteiger partial charge is 0.354 e. The second-order valence-corrected chi connectivity index (χ2v) is 2.82. The molecule has 3 N–H and O–H groups in total. The molecule has 1 atom stereocenters. The van der Waals surface area contributed by atoms with Gasteiger partial charge in [0.05, 0.1) is 0 Å². The normalized spacial score (nSPS) is 12.1. The Morgan fingerprint density at radius 2 is 2.50 bits per heavy atom. The Kier molecular flexibility index (Phi) is 3.35. The number of hydrogen-bond acceptors (Lipinski definition) is 5. The number of carboxylic acid groups (broad SMARTS) is 1. The lowest BCUT2D eigenvalue weighted by atomic mass is 10.4. The van der Waals surface area contributed by atoms with Gasteiger partial charge < -0.3 is 15.6 Å². The van der Waals surface area contributed by atoms with Gasteiger partial charge in [-0.25, -0.2) is 9.78 Å². The summed E-state index contributed by atoms with van der Waals surface area (Å²) in [5.74, 6) is -1.11. The molecule has 1 heterocycles. The highest BCUT2D eigenvalue weighted by molar-refractivity contribution is 5.85. The Labute approximate surface area is 80.7 Å². The third-order valence-corrected chi connectivity index (χ3v) is 1.33. The number of hydrogen-bond donors (Lipinski definition) is 2. The Morgan fingerprint density at radius 1 is 1.79 bits per heavy atom. The molecule has 6 nitrogen and oxygen atoms in total. The van der Waals surface area contributed by atoms with Gasteiger partial charge in [0.15, 0.2) is 5.69 Å². The number of rotatable bonds is 4. The van der Waals surface area contributed by atoms with E-state index in [4.69, 9.17) is 15.6 Å². The molecule has 14 heavy (non-hydrogen) atoms. The van der Waals surface area contributed by atoms with Crippen molar-refractivity contribution in [3.63, 3.8) is 0 Å². The summed E-state index contributed by atoms with van der Waals surface area (Å²) in [5.41, 5.74) is 5.34. The van der Waals surface area contributed by atoms with Crippen LogP contribution in [0.3, 0.4) is 0 Å². The van der Waals surface area contributed by atoms with E-state index in [1.54, 1.807) is 6.92 Å². The molecule has 1 aromatic rings. The topological polar surface area (TPSA) is 98.3 Å². The molecule has 0 radical (unpaired) electrons. The maximum atomic E-state index is 10.5. The third kappa shape index (κ3) is 2.98. The van der Waals surface area contributed by atoms with Crippen molar-refractivity contribution in [2.24, 2.45) is 5.73 Å². The van der Waals surface area contributed by atoms with Crippen molar-refractivity contribution >= 4 is 5.97 Å². The summed E-state index contributed by atoms with van der Waals surface area (Å²) in [7, 11) is 0. The van der Waals surface area contributed by atoms with Crippen LogP contribution in [-0.2, 0) is 0 Å². The van der Waals surface area contributed by atoms with E-state index in [-0.39, 0.29) is 24.4 Å². The monoisotopic (exact) mass is 197 g/mol. The second kappa shape index (κ2) is 4.52. The van der Waals surface area contributed by atoms with Crippen LogP contribution in [0.5, 0.6) is 6.01 Å². The van der Waals surface area contributed by atoms with Crippen molar-refractivity contribution < 1.29 is 14.6 Å². The first kappa shape index (κ1) is 10.4. The van der Waals surface area contributed by atoms with Crippen molar-refractivity contribution in [2.75, 3.05) is 6.61 Å². The van der Waals surface area contributed by atoms with Gasteiger partial charge in [-0.3, -0.25) is 0 Å². The molecule has 0 bridgehead atoms. The van der Waals surface area contributed by atoms with Gasteiger partial charge in [-0.1, -0.05) is 0 Å². The molecular formula is C8H11N3O3. The Bertz CT molecular complexity index is 327. The first-order valence-electron chi connectivity index (χ1n) is 4.04. The van der Waals surface area contributed by atoms with Crippen LogP contribution in [-0.4, -0.2) is 33.7 Å². The molecule has 0 aromatic carbocycles. The van der Waals surface area contributed by atoms with Crippen molar-refractivity contribution in [1.29, 1.82) is 0 Å². The molecule has 1 aromatic heterocycles. The minimum absolute atomic E-state index is 0.0298. The number of aromatic carboxylic acids is 1. The SMILES string of the molecule is CC(N)COc1nccc(C(=O)O)n1. The van der Waals surface area contributed by atoms with Crippen LogP contribution in [0, 0.1) is 0 Å². The summed E-state index contributed by atoms with van der Waals surface area (Å²) < 4.78 is 5.05. The summed E-state index contributed by atoms with van der Waals surface area (Å²) in [6, 6.07) is 1.18. The van der Waals surface area contributed by atoms with Crippen LogP contribution in [0.15, 0.2) is 12.3 Å². The van der Waals surface area contributed by atoms with Crippen molar-refractivity contribution in [2.45, 2.75) is 13.0 Å². The van der Waals surface area contributed by atoms with Crippen LogP contribution in [0.2, 0.25) is 0 Å². The molecule has 6 heteroatoms. The van der Waals surface area contributed by atoms with Gasteiger partial charge in [0.25, 0.3) is 0 Å². The number of carbonyl (C=O) groups is 1. The molecule has 0 saturated carbocycles. The van der Waals surface area contributed by atoms with Gasteiger partial charge in [0, 0.05) is 12.2 Å². The van der Waals surface area contributed by atoms with E-state index in [9.17, 15) is 4.79 Å². The average molecular weight is 197 g/mol. The summed E-state index contributed by atoms with van der Waals surface area (Å²) in [6.07, 6.45) is 1.33. The lowest BCUT2D eigenvalue weighted by Gasteiger charge is -2.06. The molecule has 0 fully saturated rings. The van der Waals surface area contributed by atoms with Gasteiger partial charge in [0.1, 0.15) is 6.61 Å². The summed E-state index contributed by atoms with van der Waals surface area (Å²) in [4.78, 5) is 17.9. The fourth-order valence-electron chi connectivity index (χ4n) is 0.735. The minimum Gasteiger partial charge on any atom is -0.477 e. The summed E-state index contributed by atoms with van der Waals surface area (Å²) in [5, 5.41) is 8.62. The summed E-state index contributed by atoms with van der Waals surface area (Å²) >= 11 is 0. The van der Waals surface area contributed by atoms with Gasteiger partial charge in [-0.15, -0.1) is 0 Å². The average Bonchev–Trinajstić information content (AvgIpc) is 2.15. The highest BCUT2D eigenvalue weighted by atomic mass is 16.5. The summed E-state index contributed by atoms with van der Waals surface area (Å²) in [6.45, 7) is 2.02. The number of nitrogens with zero attached hydrogens (tertiary/aromatic N) is 2. The van der Waals surface area contributed by atoms with E-state index >= 15 is 0 Å². The molecule has 0 aliphatic carbocycles. The van der Waals surface area contributed by atoms with E-state index in [0.29, 0.717) is 0 Å². The lowest BCUT2D eigenvalue weighted by Crippen LogP contribution is -2.24. The second-order valence-electron chi connectivity index (χ2n) is 2.82. The van der Waals surface area contributed by atoms with E-state index in [2.05, 4.69) is 9.97 Å². The largest absolute Gasteiger partial charge is 0.477 e. The molecule has 0 aliphatic heterocycles. The van der Waals surface area contributed by atoms with E-state index < -0.39 is 5.97 Å². The highest BCUT2D eigenvalue weighted by Crippen LogP contribution is 2.02. The van der Waals surface area contributed by atoms with Gasteiger partial charge in [0.2, 0.25) is 0 Å². The van der Waals surface area contributed by atoms with Crippen LogP contribution >= 0.6 is 0 Å². The maximum absolute atomic E-state index is 10.5. The first-order chi connectivity index (χ1) is 6.59. The Morgan fingerprint density at radius 3 is 3.07 bits per heavy atom. The molecule has 76 valence electrons. The molecule has 1 unspecified atom stereocenters. The Hall–Kier alpha value is -1.69. The molecule has 0 amide bonds. The predicted molar refractivity (Wildman–Crippen MR) is 48.1 cm³/mol. The zero-order valence-corrected chi connectivity index (χ0v) is 7.67. The zero-order valence-electron chi connectivity index (χ0n) is 7.67. The van der Waals surface area contributed by atoms with Crippen LogP contribution in [0.1, 0.15) is 17.4 Å². The number of aromatic nitrogens is 2. The fraction of sp³-hybridized carbons (Fsp3) is 0.375. The molecular weight excluding hydrogens is 186 g/mol. The van der Waals surface area contributed by atoms with Gasteiger partial charge in [-0.05, 0) is 13.0 Å². The van der Waals surface area contributed by atoms with Crippen molar-refractivity contribution in [1.82, 2.24) is 9.97 Å². The standard InChI is InChI=1S/C8H11N3O3/c1-5(9)4-14-8-10-3-2-6(11-8)7(12)13/h2-3,5H,4,9H2,1H3,(H,12,13). The van der Waals surface area contributed by atoms with Crippen molar-refractivity contribution in [3.8, 4) is 6.01 Å². The van der Waals surface area contributed by atoms with Gasteiger partial charge in [-0.2, -0.15) is 4.98 Å². The van der Waals surface area contributed by atoms with E-state index in [0.717, 1.165) is 0 Å². The first-order valence-corrected chi connectivity index (χ1v) is 4.04. The molecule has 1 rings (SSSR count). The highest BCUT2D eigenvalue weighted by Gasteiger charge is 2.07.